The number of aliphatic imine (C=N–C) groups is 1. The lowest BCUT2D eigenvalue weighted by atomic mass is 10.1. The molecule has 0 aliphatic heterocycles. The van der Waals surface area contributed by atoms with E-state index in [1.807, 2.05) is 69.3 Å². The zero-order chi connectivity index (χ0) is 20.6. The normalized spacial score (nSPS) is 10.8. The molecular weight excluding hydrogens is 491 g/mol. The van der Waals surface area contributed by atoms with Crippen LogP contribution in [0, 0.1) is 13.8 Å². The summed E-state index contributed by atoms with van der Waals surface area (Å²) in [7, 11) is 0. The molecule has 2 aromatic carbocycles. The molecule has 7 heteroatoms. The molecule has 0 amide bonds. The molecule has 0 atom stereocenters. The second-order valence-electron chi connectivity index (χ2n) is 6.71. The summed E-state index contributed by atoms with van der Waals surface area (Å²) in [5.41, 5.74) is 10.3. The molecule has 3 N–H and O–H groups in total. The summed E-state index contributed by atoms with van der Waals surface area (Å²) in [6, 6.07) is 17.4. The number of nitrogens with two attached hydrogens (primary N) is 1. The highest BCUT2D eigenvalue weighted by atomic mass is 127. The van der Waals surface area contributed by atoms with Gasteiger partial charge in [0.15, 0.2) is 5.96 Å². The predicted octanol–water partition coefficient (Wildman–Crippen LogP) is 5.43. The van der Waals surface area contributed by atoms with Crippen molar-refractivity contribution in [1.29, 1.82) is 0 Å². The number of halogens is 1. The molecule has 158 valence electrons. The minimum atomic E-state index is 0. The van der Waals surface area contributed by atoms with Crippen molar-refractivity contribution in [3.8, 4) is 17.4 Å². The minimum Gasteiger partial charge on any atom is -0.494 e. The van der Waals surface area contributed by atoms with Crippen molar-refractivity contribution >= 4 is 35.6 Å². The Kier molecular flexibility index (Phi) is 8.91. The average Bonchev–Trinajstić information content (AvgIpc) is 2.68. The standard InChI is InChI=1S/C23H26N4O2.HI/c1-4-28-20-5-7-21(8-6-20)29-22-14-18(9-10-25-22)15-26-23(24)27-19-12-16(2)11-17(3)13-19;/h5-14H,4,15H2,1-3H3,(H3,24,26,27);1H. The van der Waals surface area contributed by atoms with Crippen molar-refractivity contribution in [2.45, 2.75) is 27.3 Å². The zero-order valence-corrected chi connectivity index (χ0v) is 19.7. The fourth-order valence-corrected chi connectivity index (χ4v) is 2.91. The summed E-state index contributed by atoms with van der Waals surface area (Å²) in [6.07, 6.45) is 1.70. The van der Waals surface area contributed by atoms with Crippen LogP contribution in [0.1, 0.15) is 23.6 Å². The summed E-state index contributed by atoms with van der Waals surface area (Å²) in [4.78, 5) is 8.67. The third-order valence-electron chi connectivity index (χ3n) is 4.08. The van der Waals surface area contributed by atoms with Gasteiger partial charge in [0.25, 0.3) is 0 Å². The van der Waals surface area contributed by atoms with Gasteiger partial charge < -0.3 is 20.5 Å². The third kappa shape index (κ3) is 7.22. The number of rotatable bonds is 7. The van der Waals surface area contributed by atoms with E-state index in [0.29, 0.717) is 30.7 Å². The lowest BCUT2D eigenvalue weighted by Gasteiger charge is -2.09. The Hall–Kier alpha value is -2.81. The summed E-state index contributed by atoms with van der Waals surface area (Å²) < 4.78 is 11.3. The summed E-state index contributed by atoms with van der Waals surface area (Å²) in [5.74, 6) is 2.36. The third-order valence-corrected chi connectivity index (χ3v) is 4.08. The van der Waals surface area contributed by atoms with Crippen LogP contribution in [0.4, 0.5) is 5.69 Å². The van der Waals surface area contributed by atoms with E-state index in [0.717, 1.165) is 17.0 Å². The number of aryl methyl sites for hydroxylation is 2. The number of benzene rings is 2. The molecule has 0 unspecified atom stereocenters. The first-order chi connectivity index (χ1) is 14.0. The maximum Gasteiger partial charge on any atom is 0.219 e. The number of guanidine groups is 1. The molecule has 3 aromatic rings. The Balaban J connectivity index is 0.00000320. The van der Waals surface area contributed by atoms with Gasteiger partial charge >= 0.3 is 0 Å². The van der Waals surface area contributed by atoms with Crippen LogP contribution in [0.15, 0.2) is 65.8 Å². The van der Waals surface area contributed by atoms with Gasteiger partial charge in [0.2, 0.25) is 5.88 Å². The van der Waals surface area contributed by atoms with Gasteiger partial charge in [-0.05, 0) is 79.9 Å². The molecule has 0 aliphatic rings. The molecule has 0 bridgehead atoms. The predicted molar refractivity (Wildman–Crippen MR) is 132 cm³/mol. The lowest BCUT2D eigenvalue weighted by molar-refractivity contribution is 0.339. The number of pyridine rings is 1. The van der Waals surface area contributed by atoms with Crippen LogP contribution >= 0.6 is 24.0 Å². The Morgan fingerprint density at radius 1 is 1.00 bits per heavy atom. The molecule has 30 heavy (non-hydrogen) atoms. The fourth-order valence-electron chi connectivity index (χ4n) is 2.91. The smallest absolute Gasteiger partial charge is 0.219 e. The van der Waals surface area contributed by atoms with Crippen LogP contribution in [0.5, 0.6) is 17.4 Å². The molecule has 0 radical (unpaired) electrons. The Labute approximate surface area is 194 Å². The van der Waals surface area contributed by atoms with Gasteiger partial charge in [-0.1, -0.05) is 6.07 Å². The zero-order valence-electron chi connectivity index (χ0n) is 17.4. The Morgan fingerprint density at radius 3 is 2.33 bits per heavy atom. The van der Waals surface area contributed by atoms with Gasteiger partial charge in [0.1, 0.15) is 11.5 Å². The number of hydrogen-bond donors (Lipinski definition) is 2. The van der Waals surface area contributed by atoms with Gasteiger partial charge in [0, 0.05) is 18.0 Å². The van der Waals surface area contributed by atoms with Crippen LogP contribution in [0.3, 0.4) is 0 Å². The molecule has 0 fully saturated rings. The maximum atomic E-state index is 6.03. The number of nitrogens with zero attached hydrogens (tertiary/aromatic N) is 2. The Morgan fingerprint density at radius 2 is 1.67 bits per heavy atom. The second-order valence-corrected chi connectivity index (χ2v) is 6.71. The average molecular weight is 518 g/mol. The van der Waals surface area contributed by atoms with E-state index in [-0.39, 0.29) is 24.0 Å². The molecule has 0 saturated heterocycles. The molecule has 0 saturated carbocycles. The van der Waals surface area contributed by atoms with E-state index < -0.39 is 0 Å². The van der Waals surface area contributed by atoms with Gasteiger partial charge in [-0.15, -0.1) is 24.0 Å². The summed E-state index contributed by atoms with van der Waals surface area (Å²) in [6.45, 7) is 7.10. The van der Waals surface area contributed by atoms with Crippen LogP contribution in [0.2, 0.25) is 0 Å². The van der Waals surface area contributed by atoms with Crippen molar-refractivity contribution in [1.82, 2.24) is 4.98 Å². The topological polar surface area (TPSA) is 81.8 Å². The lowest BCUT2D eigenvalue weighted by Crippen LogP contribution is -2.22. The van der Waals surface area contributed by atoms with Crippen LogP contribution < -0.4 is 20.5 Å². The maximum absolute atomic E-state index is 6.03. The van der Waals surface area contributed by atoms with E-state index >= 15 is 0 Å². The van der Waals surface area contributed by atoms with Crippen LogP contribution in [-0.4, -0.2) is 17.6 Å². The molecule has 0 spiro atoms. The Bertz CT molecular complexity index is 970. The van der Waals surface area contributed by atoms with Gasteiger partial charge in [-0.3, -0.25) is 0 Å². The first kappa shape index (κ1) is 23.5. The number of ether oxygens (including phenoxy) is 2. The SMILES string of the molecule is CCOc1ccc(Oc2cc(CN=C(N)Nc3cc(C)cc(C)c3)ccn2)cc1.I. The van der Waals surface area contributed by atoms with Gasteiger partial charge in [-0.25, -0.2) is 9.98 Å². The van der Waals surface area contributed by atoms with Crippen LogP contribution in [-0.2, 0) is 6.54 Å². The van der Waals surface area contributed by atoms with Gasteiger partial charge in [0.05, 0.1) is 13.2 Å². The molecule has 1 aromatic heterocycles. The summed E-state index contributed by atoms with van der Waals surface area (Å²) in [5, 5.41) is 3.13. The highest BCUT2D eigenvalue weighted by Gasteiger charge is 2.03. The molecule has 6 nitrogen and oxygen atoms in total. The monoisotopic (exact) mass is 518 g/mol. The van der Waals surface area contributed by atoms with E-state index in [9.17, 15) is 0 Å². The number of hydrogen-bond acceptors (Lipinski definition) is 4. The number of aromatic nitrogens is 1. The number of nitrogens with one attached hydrogen (secondary N) is 1. The number of anilines is 1. The minimum absolute atomic E-state index is 0. The fraction of sp³-hybridized carbons (Fsp3) is 0.217. The quantitative estimate of drug-likeness (QED) is 0.248. The van der Waals surface area contributed by atoms with Crippen LogP contribution in [0.25, 0.3) is 0 Å². The van der Waals surface area contributed by atoms with Crippen molar-refractivity contribution in [3.05, 3.63) is 77.5 Å². The van der Waals surface area contributed by atoms with E-state index in [1.165, 1.54) is 11.1 Å². The highest BCUT2D eigenvalue weighted by Crippen LogP contribution is 2.23. The molecule has 3 rings (SSSR count). The second kappa shape index (κ2) is 11.4. The van der Waals surface area contributed by atoms with Crippen molar-refractivity contribution in [2.24, 2.45) is 10.7 Å². The largest absolute Gasteiger partial charge is 0.494 e. The van der Waals surface area contributed by atoms with Gasteiger partial charge in [-0.2, -0.15) is 0 Å². The first-order valence-electron chi connectivity index (χ1n) is 9.52. The molecule has 0 aliphatic carbocycles. The molecule has 1 heterocycles. The highest BCUT2D eigenvalue weighted by molar-refractivity contribution is 14.0. The summed E-state index contributed by atoms with van der Waals surface area (Å²) >= 11 is 0. The van der Waals surface area contributed by atoms with E-state index in [4.69, 9.17) is 15.2 Å². The first-order valence-corrected chi connectivity index (χ1v) is 9.52. The van der Waals surface area contributed by atoms with Crippen molar-refractivity contribution in [3.63, 3.8) is 0 Å². The van der Waals surface area contributed by atoms with E-state index in [1.54, 1.807) is 6.20 Å². The molecular formula is C23H27IN4O2. The van der Waals surface area contributed by atoms with E-state index in [2.05, 4.69) is 21.4 Å². The van der Waals surface area contributed by atoms with Crippen molar-refractivity contribution in [2.75, 3.05) is 11.9 Å². The van der Waals surface area contributed by atoms with Crippen molar-refractivity contribution < 1.29 is 9.47 Å².